The van der Waals surface area contributed by atoms with Crippen LogP contribution < -0.4 is 15.0 Å². The van der Waals surface area contributed by atoms with Crippen LogP contribution in [-0.2, 0) is 13.5 Å². The zero-order valence-corrected chi connectivity index (χ0v) is 18.0. The van der Waals surface area contributed by atoms with E-state index >= 15 is 0 Å². The lowest BCUT2D eigenvalue weighted by Crippen LogP contribution is -2.62. The van der Waals surface area contributed by atoms with Crippen LogP contribution in [0.1, 0.15) is 38.8 Å². The van der Waals surface area contributed by atoms with Gasteiger partial charge >= 0.3 is 6.85 Å². The summed E-state index contributed by atoms with van der Waals surface area (Å²) in [5, 5.41) is 1.37. The molecule has 0 N–H and O–H groups in total. The number of allylic oxidation sites excluding steroid dienone is 2. The van der Waals surface area contributed by atoms with E-state index in [1.54, 1.807) is 0 Å². The Bertz CT molecular complexity index is 1080. The van der Waals surface area contributed by atoms with Crippen molar-refractivity contribution in [2.24, 2.45) is 13.0 Å². The number of para-hydroxylation sites is 2. The van der Waals surface area contributed by atoms with Crippen LogP contribution in [0.4, 0.5) is 5.69 Å². The highest BCUT2D eigenvalue weighted by molar-refractivity contribution is 6.83. The van der Waals surface area contributed by atoms with Crippen LogP contribution in [0.2, 0.25) is 0 Å². The van der Waals surface area contributed by atoms with E-state index in [1.165, 1.54) is 44.4 Å². The largest absolute Gasteiger partial charge is 0.404 e. The van der Waals surface area contributed by atoms with Crippen molar-refractivity contribution < 1.29 is 4.57 Å². The lowest BCUT2D eigenvalue weighted by molar-refractivity contribution is -0.627. The average molecular weight is 369 g/mol. The molecule has 0 spiro atoms. The maximum absolute atomic E-state index is 2.45. The molecule has 3 aromatic rings. The Morgan fingerprint density at radius 1 is 1.00 bits per heavy atom. The predicted molar refractivity (Wildman–Crippen MR) is 122 cm³/mol. The van der Waals surface area contributed by atoms with Crippen LogP contribution in [0.5, 0.6) is 0 Å². The minimum Gasteiger partial charge on any atom is -0.404 e. The summed E-state index contributed by atoms with van der Waals surface area (Å²) >= 11 is 0. The van der Waals surface area contributed by atoms with Crippen LogP contribution in [0, 0.1) is 5.92 Å². The Labute approximate surface area is 169 Å². The maximum Gasteiger partial charge on any atom is 0.399 e. The number of aromatic nitrogens is 1. The molecule has 3 heteroatoms. The van der Waals surface area contributed by atoms with Crippen LogP contribution in [0.3, 0.4) is 0 Å². The van der Waals surface area contributed by atoms with Crippen molar-refractivity contribution in [3.8, 4) is 0 Å². The van der Waals surface area contributed by atoms with E-state index in [-0.39, 0.29) is 6.85 Å². The van der Waals surface area contributed by atoms with Gasteiger partial charge in [-0.1, -0.05) is 49.7 Å². The molecule has 0 radical (unpaired) electrons. The molecule has 2 heterocycles. The third-order valence-electron chi connectivity index (χ3n) is 6.31. The number of hydrogen-bond acceptors (Lipinski definition) is 1. The zero-order valence-electron chi connectivity index (χ0n) is 18.0. The lowest BCUT2D eigenvalue weighted by Gasteiger charge is -2.34. The van der Waals surface area contributed by atoms with Crippen LogP contribution >= 0.6 is 0 Å². The second-order valence-electron chi connectivity index (χ2n) is 8.61. The molecule has 0 unspecified atom stereocenters. The summed E-state index contributed by atoms with van der Waals surface area (Å²) in [6.07, 6.45) is 1.10. The first-order valence-electron chi connectivity index (χ1n) is 10.3. The first-order chi connectivity index (χ1) is 13.4. The van der Waals surface area contributed by atoms with Crippen molar-refractivity contribution >= 4 is 34.6 Å². The summed E-state index contributed by atoms with van der Waals surface area (Å²) in [6, 6.07) is 20.1. The second-order valence-corrected chi connectivity index (χ2v) is 8.61. The molecule has 1 aliphatic rings. The number of anilines is 1. The van der Waals surface area contributed by atoms with Gasteiger partial charge in [-0.3, -0.25) is 0 Å². The fraction of sp³-hybridized carbons (Fsp3) is 0.320. The molecule has 0 bridgehead atoms. The molecule has 2 nitrogen and oxygen atoms in total. The fourth-order valence-corrected chi connectivity index (χ4v) is 4.77. The second kappa shape index (κ2) is 7.12. The highest BCUT2D eigenvalue weighted by Crippen LogP contribution is 2.35. The number of fused-ring (bicyclic) bond motifs is 2. The topological polar surface area (TPSA) is 7.12 Å². The van der Waals surface area contributed by atoms with Gasteiger partial charge in [-0.15, -0.1) is 0 Å². The van der Waals surface area contributed by atoms with Crippen molar-refractivity contribution in [1.29, 1.82) is 0 Å². The Kier molecular flexibility index (Phi) is 4.78. The van der Waals surface area contributed by atoms with Gasteiger partial charge in [-0.25, -0.2) is 4.57 Å². The minimum absolute atomic E-state index is 0.246. The number of rotatable bonds is 3. The molecule has 1 aromatic heterocycles. The summed E-state index contributed by atoms with van der Waals surface area (Å²) in [5.74, 6) is 0.632. The fourth-order valence-electron chi connectivity index (χ4n) is 4.77. The number of nitrogens with zero attached hydrogens (tertiary/aromatic N) is 2. The van der Waals surface area contributed by atoms with Gasteiger partial charge in [0.25, 0.3) is 0 Å². The van der Waals surface area contributed by atoms with Crippen molar-refractivity contribution in [2.45, 2.75) is 34.1 Å². The maximum atomic E-state index is 2.45. The van der Waals surface area contributed by atoms with Gasteiger partial charge in [0.15, 0.2) is 5.59 Å². The Morgan fingerprint density at radius 3 is 2.43 bits per heavy atom. The van der Waals surface area contributed by atoms with Gasteiger partial charge < -0.3 is 4.81 Å². The van der Waals surface area contributed by atoms with E-state index in [0.717, 1.165) is 6.42 Å². The zero-order chi connectivity index (χ0) is 20.0. The molecule has 0 amide bonds. The number of pyridine rings is 1. The van der Waals surface area contributed by atoms with E-state index in [4.69, 9.17) is 0 Å². The number of aryl methyl sites for hydroxylation is 1. The Morgan fingerprint density at radius 2 is 1.68 bits per heavy atom. The van der Waals surface area contributed by atoms with Crippen molar-refractivity contribution in [1.82, 2.24) is 0 Å². The van der Waals surface area contributed by atoms with Crippen molar-refractivity contribution in [3.05, 3.63) is 71.2 Å². The lowest BCUT2D eigenvalue weighted by atomic mass is 9.47. The summed E-state index contributed by atoms with van der Waals surface area (Å²) in [7, 11) is 4.45. The summed E-state index contributed by atoms with van der Waals surface area (Å²) < 4.78 is 2.39. The van der Waals surface area contributed by atoms with Gasteiger partial charge in [0.1, 0.15) is 7.05 Å². The SMILES string of the molecule is CC1=C(C)c2ccccc2N(C)B1c1cc(CC(C)C)c2ccccc2[n+]1C. The molecule has 1 aliphatic heterocycles. The quantitative estimate of drug-likeness (QED) is 0.486. The van der Waals surface area contributed by atoms with Crippen LogP contribution in [0.15, 0.2) is 60.1 Å². The highest BCUT2D eigenvalue weighted by atomic mass is 15.1. The summed E-state index contributed by atoms with van der Waals surface area (Å²) in [4.78, 5) is 2.45. The van der Waals surface area contributed by atoms with E-state index in [2.05, 4.69) is 106 Å². The molecule has 142 valence electrons. The van der Waals surface area contributed by atoms with Gasteiger partial charge in [0, 0.05) is 23.2 Å². The van der Waals surface area contributed by atoms with E-state index < -0.39 is 0 Å². The average Bonchev–Trinajstić information content (AvgIpc) is 2.69. The Hall–Kier alpha value is -2.55. The standard InChI is InChI=1S/C25H30BN2/c1-17(2)15-20-16-25(27(5)23-13-9-8-12-22(20)23)26-19(4)18(3)21-11-7-10-14-24(21)28(26)6/h7-14,16-17H,15H2,1-6H3/q+1. The smallest absolute Gasteiger partial charge is 0.399 e. The Balaban J connectivity index is 1.97. The number of benzene rings is 2. The molecule has 4 rings (SSSR count). The van der Waals surface area contributed by atoms with Gasteiger partial charge in [0.05, 0.1) is 0 Å². The molecular weight excluding hydrogens is 339 g/mol. The third kappa shape index (κ3) is 2.94. The molecule has 0 atom stereocenters. The molecular formula is C25H30BN2+. The van der Waals surface area contributed by atoms with Gasteiger partial charge in [-0.05, 0) is 62.1 Å². The first-order valence-corrected chi connectivity index (χ1v) is 10.3. The highest BCUT2D eigenvalue weighted by Gasteiger charge is 2.39. The van der Waals surface area contributed by atoms with Crippen LogP contribution in [0.25, 0.3) is 16.5 Å². The van der Waals surface area contributed by atoms with E-state index in [9.17, 15) is 0 Å². The molecule has 28 heavy (non-hydrogen) atoms. The minimum atomic E-state index is 0.246. The van der Waals surface area contributed by atoms with Gasteiger partial charge in [-0.2, -0.15) is 0 Å². The summed E-state index contributed by atoms with van der Waals surface area (Å²) in [6.45, 7) is 9.42. The van der Waals surface area contributed by atoms with E-state index in [1.807, 2.05) is 0 Å². The first kappa shape index (κ1) is 18.8. The normalized spacial score (nSPS) is 14.2. The molecule has 0 fully saturated rings. The molecule has 0 aliphatic carbocycles. The number of hydrogen-bond donors (Lipinski definition) is 0. The van der Waals surface area contributed by atoms with Crippen molar-refractivity contribution in [2.75, 3.05) is 11.9 Å². The monoisotopic (exact) mass is 369 g/mol. The summed E-state index contributed by atoms with van der Waals surface area (Å²) in [5.41, 5.74) is 9.63. The molecule has 2 aromatic carbocycles. The van der Waals surface area contributed by atoms with Crippen LogP contribution in [-0.4, -0.2) is 13.9 Å². The molecule has 0 saturated heterocycles. The third-order valence-corrected chi connectivity index (χ3v) is 6.31. The van der Waals surface area contributed by atoms with Gasteiger partial charge in [0.2, 0.25) is 5.52 Å². The molecule has 0 saturated carbocycles. The van der Waals surface area contributed by atoms with E-state index in [0.29, 0.717) is 5.92 Å². The predicted octanol–water partition coefficient (Wildman–Crippen LogP) is 4.54. The van der Waals surface area contributed by atoms with Crippen molar-refractivity contribution in [3.63, 3.8) is 0 Å².